The Morgan fingerprint density at radius 2 is 2.29 bits per heavy atom. The number of phenolic OH excluding ortho intramolecular Hbond substituents is 1. The third kappa shape index (κ3) is 2.90. The topological polar surface area (TPSA) is 61.4 Å². The van der Waals surface area contributed by atoms with Crippen molar-refractivity contribution < 1.29 is 9.90 Å². The highest BCUT2D eigenvalue weighted by Crippen LogP contribution is 2.25. The molecule has 1 aromatic carbocycles. The lowest BCUT2D eigenvalue weighted by Gasteiger charge is -2.05. The van der Waals surface area contributed by atoms with E-state index in [9.17, 15) is 4.79 Å². The van der Waals surface area contributed by atoms with Crippen molar-refractivity contribution in [3.05, 3.63) is 23.2 Å². The summed E-state index contributed by atoms with van der Waals surface area (Å²) in [6, 6.07) is 4.50. The molecule has 14 heavy (non-hydrogen) atoms. The predicted molar refractivity (Wildman–Crippen MR) is 55.7 cm³/mol. The fourth-order valence-electron chi connectivity index (χ4n) is 0.950. The molecule has 5 heteroatoms. The van der Waals surface area contributed by atoms with Crippen LogP contribution in [0.15, 0.2) is 18.2 Å². The van der Waals surface area contributed by atoms with Crippen LogP contribution in [-0.4, -0.2) is 24.6 Å². The van der Waals surface area contributed by atoms with E-state index in [1.165, 1.54) is 12.1 Å². The van der Waals surface area contributed by atoms with E-state index in [1.54, 1.807) is 13.1 Å². The van der Waals surface area contributed by atoms with Gasteiger partial charge in [-0.2, -0.15) is 0 Å². The summed E-state index contributed by atoms with van der Waals surface area (Å²) in [6.45, 7) is 0.235. The van der Waals surface area contributed by atoms with Gasteiger partial charge in [0.05, 0.1) is 11.6 Å². The van der Waals surface area contributed by atoms with Crippen molar-refractivity contribution in [2.24, 2.45) is 0 Å². The zero-order valence-electron chi connectivity index (χ0n) is 7.67. The number of carbonyl (C=O) groups is 1. The first-order chi connectivity index (χ1) is 6.63. The number of anilines is 1. The Bertz CT molecular complexity index is 342. The van der Waals surface area contributed by atoms with Crippen LogP contribution in [0.3, 0.4) is 0 Å². The smallest absolute Gasteiger partial charge is 0.238 e. The number of phenols is 1. The van der Waals surface area contributed by atoms with Crippen molar-refractivity contribution in [3.63, 3.8) is 0 Å². The average Bonchev–Trinajstić information content (AvgIpc) is 2.12. The zero-order valence-corrected chi connectivity index (χ0v) is 8.43. The zero-order chi connectivity index (χ0) is 10.6. The molecule has 1 aromatic rings. The third-order valence-electron chi connectivity index (χ3n) is 1.57. The van der Waals surface area contributed by atoms with Crippen LogP contribution < -0.4 is 10.6 Å². The second-order valence-corrected chi connectivity index (χ2v) is 3.15. The molecule has 4 nitrogen and oxygen atoms in total. The molecular weight excluding hydrogens is 204 g/mol. The molecule has 0 unspecified atom stereocenters. The van der Waals surface area contributed by atoms with E-state index in [0.29, 0.717) is 5.69 Å². The fraction of sp³-hybridized carbons (Fsp3) is 0.222. The third-order valence-corrected chi connectivity index (χ3v) is 1.87. The van der Waals surface area contributed by atoms with Crippen LogP contribution in [0.25, 0.3) is 0 Å². The van der Waals surface area contributed by atoms with E-state index in [0.717, 1.165) is 0 Å². The molecule has 0 aliphatic carbocycles. The number of rotatable bonds is 3. The molecule has 0 fully saturated rings. The molecule has 0 saturated heterocycles. The molecule has 76 valence electrons. The highest BCUT2D eigenvalue weighted by Gasteiger charge is 2.03. The molecule has 3 N–H and O–H groups in total. The summed E-state index contributed by atoms with van der Waals surface area (Å²) in [5.41, 5.74) is 0.563. The molecule has 0 radical (unpaired) electrons. The highest BCUT2D eigenvalue weighted by atomic mass is 35.5. The van der Waals surface area contributed by atoms with Crippen LogP contribution in [0, 0.1) is 0 Å². The molecule has 1 amide bonds. The second kappa shape index (κ2) is 4.83. The Labute approximate surface area is 86.9 Å². The standard InChI is InChI=1S/C9H11ClN2O2/c1-11-5-9(14)12-6-2-3-8(13)7(10)4-6/h2-4,11,13H,5H2,1H3,(H,12,14). The van der Waals surface area contributed by atoms with E-state index >= 15 is 0 Å². The predicted octanol–water partition coefficient (Wildman–Crippen LogP) is 1.20. The average molecular weight is 215 g/mol. The van der Waals surface area contributed by atoms with Crippen molar-refractivity contribution in [3.8, 4) is 5.75 Å². The Hall–Kier alpha value is -1.26. The maximum atomic E-state index is 11.1. The van der Waals surface area contributed by atoms with Gasteiger partial charge in [-0.15, -0.1) is 0 Å². The van der Waals surface area contributed by atoms with Gasteiger partial charge in [-0.3, -0.25) is 4.79 Å². The lowest BCUT2D eigenvalue weighted by atomic mass is 10.3. The van der Waals surface area contributed by atoms with E-state index in [1.807, 2.05) is 0 Å². The molecule has 0 aromatic heterocycles. The van der Waals surface area contributed by atoms with Gasteiger partial charge < -0.3 is 15.7 Å². The quantitative estimate of drug-likeness (QED) is 0.663. The summed E-state index contributed by atoms with van der Waals surface area (Å²) in [5, 5.41) is 14.7. The number of aromatic hydroxyl groups is 1. The van der Waals surface area contributed by atoms with Crippen molar-refractivity contribution in [2.45, 2.75) is 0 Å². The van der Waals surface area contributed by atoms with Gasteiger partial charge in [0.1, 0.15) is 5.75 Å². The van der Waals surface area contributed by atoms with Crippen molar-refractivity contribution in [1.29, 1.82) is 0 Å². The number of halogens is 1. The molecule has 0 aliphatic rings. The normalized spacial score (nSPS) is 9.86. The van der Waals surface area contributed by atoms with Crippen LogP contribution in [0.1, 0.15) is 0 Å². The van der Waals surface area contributed by atoms with Gasteiger partial charge in [-0.1, -0.05) is 11.6 Å². The number of hydrogen-bond donors (Lipinski definition) is 3. The molecule has 0 atom stereocenters. The summed E-state index contributed by atoms with van der Waals surface area (Å²) >= 11 is 5.66. The largest absolute Gasteiger partial charge is 0.506 e. The van der Waals surface area contributed by atoms with Crippen molar-refractivity contribution in [2.75, 3.05) is 18.9 Å². The summed E-state index contributed by atoms with van der Waals surface area (Å²) in [5.74, 6) is -0.160. The Balaban J connectivity index is 2.68. The van der Waals surface area contributed by atoms with Crippen LogP contribution in [0.5, 0.6) is 5.75 Å². The van der Waals surface area contributed by atoms with Crippen LogP contribution >= 0.6 is 11.6 Å². The summed E-state index contributed by atoms with van der Waals surface area (Å²) in [4.78, 5) is 11.1. The number of amides is 1. The monoisotopic (exact) mass is 214 g/mol. The number of likely N-dealkylation sites (N-methyl/N-ethyl adjacent to an activating group) is 1. The van der Waals surface area contributed by atoms with Gasteiger partial charge in [-0.05, 0) is 25.2 Å². The minimum atomic E-state index is -0.158. The lowest BCUT2D eigenvalue weighted by molar-refractivity contribution is -0.115. The molecule has 0 spiro atoms. The number of nitrogens with one attached hydrogen (secondary N) is 2. The summed E-state index contributed by atoms with van der Waals surface area (Å²) in [6.07, 6.45) is 0. The Morgan fingerprint density at radius 1 is 1.57 bits per heavy atom. The molecule has 0 aliphatic heterocycles. The first-order valence-electron chi connectivity index (χ1n) is 4.06. The maximum Gasteiger partial charge on any atom is 0.238 e. The highest BCUT2D eigenvalue weighted by molar-refractivity contribution is 6.32. The summed E-state index contributed by atoms with van der Waals surface area (Å²) < 4.78 is 0. The lowest BCUT2D eigenvalue weighted by Crippen LogP contribution is -2.24. The van der Waals surface area contributed by atoms with E-state index in [-0.39, 0.29) is 23.2 Å². The van der Waals surface area contributed by atoms with E-state index in [2.05, 4.69) is 10.6 Å². The maximum absolute atomic E-state index is 11.1. The first kappa shape index (κ1) is 10.8. The van der Waals surface area contributed by atoms with Gasteiger partial charge in [-0.25, -0.2) is 0 Å². The van der Waals surface area contributed by atoms with E-state index in [4.69, 9.17) is 16.7 Å². The molecule has 1 rings (SSSR count). The SMILES string of the molecule is CNCC(=O)Nc1ccc(O)c(Cl)c1. The van der Waals surface area contributed by atoms with Crippen molar-refractivity contribution >= 4 is 23.2 Å². The van der Waals surface area contributed by atoms with Gasteiger partial charge in [0, 0.05) is 5.69 Å². The van der Waals surface area contributed by atoms with Crippen LogP contribution in [-0.2, 0) is 4.79 Å². The Kier molecular flexibility index (Phi) is 3.73. The van der Waals surface area contributed by atoms with Crippen molar-refractivity contribution in [1.82, 2.24) is 5.32 Å². The molecule has 0 saturated carbocycles. The minimum Gasteiger partial charge on any atom is -0.506 e. The summed E-state index contributed by atoms with van der Waals surface area (Å²) in [7, 11) is 1.68. The fourth-order valence-corrected chi connectivity index (χ4v) is 1.13. The molecular formula is C9H11ClN2O2. The molecule has 0 heterocycles. The Morgan fingerprint density at radius 3 is 2.86 bits per heavy atom. The van der Waals surface area contributed by atoms with Gasteiger partial charge >= 0.3 is 0 Å². The minimum absolute atomic E-state index is 0.00159. The van der Waals surface area contributed by atoms with Crippen LogP contribution in [0.4, 0.5) is 5.69 Å². The number of benzene rings is 1. The number of hydrogen-bond acceptors (Lipinski definition) is 3. The van der Waals surface area contributed by atoms with E-state index < -0.39 is 0 Å². The van der Waals surface area contributed by atoms with Gasteiger partial charge in [0.25, 0.3) is 0 Å². The number of carbonyl (C=O) groups excluding carboxylic acids is 1. The van der Waals surface area contributed by atoms with Gasteiger partial charge in [0.15, 0.2) is 0 Å². The first-order valence-corrected chi connectivity index (χ1v) is 4.44. The molecule has 0 bridgehead atoms. The van der Waals surface area contributed by atoms with Crippen LogP contribution in [0.2, 0.25) is 5.02 Å². The van der Waals surface area contributed by atoms with Gasteiger partial charge in [0.2, 0.25) is 5.91 Å². The second-order valence-electron chi connectivity index (χ2n) is 2.74.